The fourth-order valence-electron chi connectivity index (χ4n) is 2.44. The monoisotopic (exact) mass is 262 g/mol. The number of nitrogens with one attached hydrogen (secondary N) is 1. The minimum Gasteiger partial charge on any atom is -0.496 e. The summed E-state index contributed by atoms with van der Waals surface area (Å²) >= 11 is 0. The van der Waals surface area contributed by atoms with Crippen LogP contribution in [0.2, 0.25) is 0 Å². The van der Waals surface area contributed by atoms with Crippen molar-refractivity contribution in [1.82, 2.24) is 10.2 Å². The molecule has 4 heteroatoms. The number of ether oxygens (including phenoxy) is 1. The van der Waals surface area contributed by atoms with Crippen LogP contribution in [0.15, 0.2) is 18.2 Å². The van der Waals surface area contributed by atoms with Crippen molar-refractivity contribution >= 4 is 6.03 Å². The van der Waals surface area contributed by atoms with Crippen molar-refractivity contribution in [2.24, 2.45) is 0 Å². The number of hydrogen-bond acceptors (Lipinski definition) is 2. The van der Waals surface area contributed by atoms with E-state index in [1.807, 2.05) is 17.0 Å². The van der Waals surface area contributed by atoms with Crippen molar-refractivity contribution in [2.45, 2.75) is 26.2 Å². The van der Waals surface area contributed by atoms with Crippen LogP contribution in [0.4, 0.5) is 4.79 Å². The van der Waals surface area contributed by atoms with Gasteiger partial charge in [0.15, 0.2) is 0 Å². The van der Waals surface area contributed by atoms with E-state index in [1.165, 1.54) is 5.56 Å². The first-order valence-electron chi connectivity index (χ1n) is 6.87. The smallest absolute Gasteiger partial charge is 0.317 e. The quantitative estimate of drug-likeness (QED) is 0.905. The first kappa shape index (κ1) is 13.7. The second kappa shape index (κ2) is 6.45. The molecule has 0 radical (unpaired) electrons. The van der Waals surface area contributed by atoms with Crippen LogP contribution in [0.25, 0.3) is 0 Å². The summed E-state index contributed by atoms with van der Waals surface area (Å²) in [4.78, 5) is 13.7. The van der Waals surface area contributed by atoms with Gasteiger partial charge in [-0.2, -0.15) is 0 Å². The normalized spacial score (nSPS) is 14.5. The minimum atomic E-state index is 0.0594. The number of urea groups is 1. The molecule has 0 aromatic heterocycles. The highest BCUT2D eigenvalue weighted by Gasteiger charge is 2.17. The highest BCUT2D eigenvalue weighted by atomic mass is 16.5. The Morgan fingerprint density at radius 1 is 1.37 bits per heavy atom. The van der Waals surface area contributed by atoms with Crippen molar-refractivity contribution in [3.63, 3.8) is 0 Å². The number of hydrogen-bond donors (Lipinski definition) is 1. The predicted molar refractivity (Wildman–Crippen MR) is 75.6 cm³/mol. The Morgan fingerprint density at radius 3 is 2.79 bits per heavy atom. The summed E-state index contributed by atoms with van der Waals surface area (Å²) in [6.45, 7) is 4.49. The van der Waals surface area contributed by atoms with E-state index in [9.17, 15) is 4.79 Å². The zero-order chi connectivity index (χ0) is 13.7. The van der Waals surface area contributed by atoms with Crippen LogP contribution >= 0.6 is 0 Å². The van der Waals surface area contributed by atoms with Gasteiger partial charge in [0.05, 0.1) is 7.11 Å². The summed E-state index contributed by atoms with van der Waals surface area (Å²) in [5.74, 6) is 0.890. The number of rotatable bonds is 4. The molecule has 1 aliphatic rings. The molecular formula is C15H22N2O2. The van der Waals surface area contributed by atoms with Crippen molar-refractivity contribution in [2.75, 3.05) is 26.7 Å². The van der Waals surface area contributed by atoms with Crippen LogP contribution in [0.3, 0.4) is 0 Å². The van der Waals surface area contributed by atoms with Gasteiger partial charge < -0.3 is 15.0 Å². The van der Waals surface area contributed by atoms with Gasteiger partial charge in [0.2, 0.25) is 0 Å². The summed E-state index contributed by atoms with van der Waals surface area (Å²) in [6, 6.07) is 6.18. The minimum absolute atomic E-state index is 0.0594. The summed E-state index contributed by atoms with van der Waals surface area (Å²) in [6.07, 6.45) is 3.04. The van der Waals surface area contributed by atoms with Crippen LogP contribution in [-0.2, 0) is 6.42 Å². The second-order valence-corrected chi connectivity index (χ2v) is 4.99. The Morgan fingerprint density at radius 2 is 2.11 bits per heavy atom. The van der Waals surface area contributed by atoms with E-state index in [4.69, 9.17) is 4.74 Å². The van der Waals surface area contributed by atoms with E-state index in [0.29, 0.717) is 6.54 Å². The summed E-state index contributed by atoms with van der Waals surface area (Å²) in [7, 11) is 1.68. The number of benzene rings is 1. The summed E-state index contributed by atoms with van der Waals surface area (Å²) < 4.78 is 5.33. The van der Waals surface area contributed by atoms with Crippen LogP contribution < -0.4 is 10.1 Å². The van der Waals surface area contributed by atoms with Crippen LogP contribution in [0.5, 0.6) is 5.75 Å². The van der Waals surface area contributed by atoms with E-state index < -0.39 is 0 Å². The average molecular weight is 262 g/mol. The second-order valence-electron chi connectivity index (χ2n) is 4.99. The molecule has 0 aliphatic carbocycles. The van der Waals surface area contributed by atoms with E-state index >= 15 is 0 Å². The molecule has 4 nitrogen and oxygen atoms in total. The molecule has 1 saturated heterocycles. The molecule has 1 N–H and O–H groups in total. The molecule has 1 aromatic carbocycles. The largest absolute Gasteiger partial charge is 0.496 e. The van der Waals surface area contributed by atoms with Gasteiger partial charge in [-0.1, -0.05) is 17.7 Å². The lowest BCUT2D eigenvalue weighted by Gasteiger charge is -2.16. The van der Waals surface area contributed by atoms with Crippen molar-refractivity contribution in [1.29, 1.82) is 0 Å². The van der Waals surface area contributed by atoms with E-state index in [0.717, 1.165) is 43.7 Å². The van der Waals surface area contributed by atoms with Crippen LogP contribution in [0, 0.1) is 6.92 Å². The molecule has 0 bridgehead atoms. The lowest BCUT2D eigenvalue weighted by atomic mass is 10.1. The number of aryl methyl sites for hydroxylation is 1. The number of likely N-dealkylation sites (tertiary alicyclic amines) is 1. The predicted octanol–water partition coefficient (Wildman–Crippen LogP) is 2.35. The zero-order valence-corrected chi connectivity index (χ0v) is 11.7. The lowest BCUT2D eigenvalue weighted by Crippen LogP contribution is -2.38. The molecule has 2 rings (SSSR count). The molecule has 19 heavy (non-hydrogen) atoms. The molecule has 1 aliphatic heterocycles. The van der Waals surface area contributed by atoms with E-state index in [1.54, 1.807) is 7.11 Å². The Hall–Kier alpha value is -1.71. The topological polar surface area (TPSA) is 41.6 Å². The third-order valence-electron chi connectivity index (χ3n) is 3.50. The maximum atomic E-state index is 11.8. The fraction of sp³-hybridized carbons (Fsp3) is 0.533. The number of amides is 2. The Balaban J connectivity index is 1.84. The molecule has 0 atom stereocenters. The van der Waals surface area contributed by atoms with Gasteiger partial charge in [-0.3, -0.25) is 0 Å². The molecule has 1 aromatic rings. The fourth-order valence-corrected chi connectivity index (χ4v) is 2.44. The highest BCUT2D eigenvalue weighted by molar-refractivity contribution is 5.74. The summed E-state index contributed by atoms with van der Waals surface area (Å²) in [5.41, 5.74) is 2.35. The van der Waals surface area contributed by atoms with Gasteiger partial charge >= 0.3 is 6.03 Å². The average Bonchev–Trinajstić information content (AvgIpc) is 2.93. The maximum absolute atomic E-state index is 11.8. The van der Waals surface area contributed by atoms with E-state index in [-0.39, 0.29) is 6.03 Å². The molecule has 0 spiro atoms. The van der Waals surface area contributed by atoms with Crippen molar-refractivity contribution < 1.29 is 9.53 Å². The molecule has 0 unspecified atom stereocenters. The summed E-state index contributed by atoms with van der Waals surface area (Å²) in [5, 5.41) is 2.98. The van der Waals surface area contributed by atoms with Crippen molar-refractivity contribution in [3.8, 4) is 5.75 Å². The Kier molecular flexibility index (Phi) is 4.66. The SMILES string of the molecule is COc1ccc(C)cc1CCNC(=O)N1CCCC1. The zero-order valence-electron chi connectivity index (χ0n) is 11.7. The van der Waals surface area contributed by atoms with Crippen molar-refractivity contribution in [3.05, 3.63) is 29.3 Å². The lowest BCUT2D eigenvalue weighted by molar-refractivity contribution is 0.209. The number of carbonyl (C=O) groups is 1. The Bertz CT molecular complexity index is 440. The van der Waals surface area contributed by atoms with E-state index in [2.05, 4.69) is 18.3 Å². The third-order valence-corrected chi connectivity index (χ3v) is 3.50. The molecule has 0 saturated carbocycles. The molecule has 1 fully saturated rings. The maximum Gasteiger partial charge on any atom is 0.317 e. The molecule has 104 valence electrons. The number of nitrogens with zero attached hydrogens (tertiary/aromatic N) is 1. The third kappa shape index (κ3) is 3.63. The molecular weight excluding hydrogens is 240 g/mol. The Labute approximate surface area is 114 Å². The molecule has 2 amide bonds. The number of methoxy groups -OCH3 is 1. The van der Waals surface area contributed by atoms with Gasteiger partial charge in [-0.15, -0.1) is 0 Å². The number of carbonyl (C=O) groups excluding carboxylic acids is 1. The van der Waals surface area contributed by atoms with Gasteiger partial charge in [0.1, 0.15) is 5.75 Å². The van der Waals surface area contributed by atoms with Gasteiger partial charge in [0.25, 0.3) is 0 Å². The standard InChI is InChI=1S/C15H22N2O2/c1-12-5-6-14(19-2)13(11-12)7-8-16-15(18)17-9-3-4-10-17/h5-6,11H,3-4,7-10H2,1-2H3,(H,16,18). The van der Waals surface area contributed by atoms with Gasteiger partial charge in [-0.05, 0) is 37.8 Å². The van der Waals surface area contributed by atoms with Crippen LogP contribution in [0.1, 0.15) is 24.0 Å². The van der Waals surface area contributed by atoms with Crippen LogP contribution in [-0.4, -0.2) is 37.7 Å². The van der Waals surface area contributed by atoms with Gasteiger partial charge in [0, 0.05) is 19.6 Å². The first-order valence-corrected chi connectivity index (χ1v) is 6.87. The highest BCUT2D eigenvalue weighted by Crippen LogP contribution is 2.19. The molecule has 1 heterocycles. The first-order chi connectivity index (χ1) is 9.20. The van der Waals surface area contributed by atoms with Gasteiger partial charge in [-0.25, -0.2) is 4.79 Å².